The van der Waals surface area contributed by atoms with Crippen molar-refractivity contribution in [3.05, 3.63) is 0 Å². The van der Waals surface area contributed by atoms with Gasteiger partial charge in [0.1, 0.15) is 0 Å². The van der Waals surface area contributed by atoms with Gasteiger partial charge in [0, 0.05) is 6.54 Å². The smallest absolute Gasteiger partial charge is 0.236 e. The lowest BCUT2D eigenvalue weighted by molar-refractivity contribution is -0.122. The topological polar surface area (TPSA) is 55.1 Å². The first-order valence-electron chi connectivity index (χ1n) is 5.35. The Labute approximate surface area is 90.2 Å². The number of nitrogens with one attached hydrogen (secondary N) is 1. The van der Waals surface area contributed by atoms with Crippen LogP contribution in [0.3, 0.4) is 0 Å². The molecule has 1 aliphatic rings. The monoisotopic (exact) mass is 216 g/mol. The quantitative estimate of drug-likeness (QED) is 0.720. The van der Waals surface area contributed by atoms with E-state index in [1.165, 1.54) is 17.9 Å². The number of carbonyl (C=O) groups excluding carboxylic acids is 1. The van der Waals surface area contributed by atoms with E-state index in [0.717, 1.165) is 19.4 Å². The maximum Gasteiger partial charge on any atom is 0.236 e. The number of nitrogens with two attached hydrogens (primary N) is 1. The van der Waals surface area contributed by atoms with Crippen LogP contribution in [0.1, 0.15) is 26.2 Å². The molecule has 4 heteroatoms. The van der Waals surface area contributed by atoms with Gasteiger partial charge < -0.3 is 11.1 Å². The van der Waals surface area contributed by atoms with Crippen molar-refractivity contribution in [1.82, 2.24) is 5.32 Å². The third-order valence-corrected chi connectivity index (χ3v) is 3.76. The zero-order chi connectivity index (χ0) is 10.4. The third-order valence-electron chi connectivity index (χ3n) is 2.53. The fourth-order valence-corrected chi connectivity index (χ4v) is 2.85. The molecule has 1 heterocycles. The van der Waals surface area contributed by atoms with Crippen LogP contribution in [0.2, 0.25) is 0 Å². The molecule has 1 saturated heterocycles. The zero-order valence-electron chi connectivity index (χ0n) is 8.79. The van der Waals surface area contributed by atoms with Crippen LogP contribution in [0.5, 0.6) is 0 Å². The normalized spacial score (nSPS) is 23.4. The lowest BCUT2D eigenvalue weighted by Crippen LogP contribution is -2.42. The summed E-state index contributed by atoms with van der Waals surface area (Å²) in [5, 5.41) is 2.93. The average Bonchev–Trinajstić information content (AvgIpc) is 2.67. The molecule has 82 valence electrons. The van der Waals surface area contributed by atoms with E-state index >= 15 is 0 Å². The van der Waals surface area contributed by atoms with Crippen LogP contribution >= 0.6 is 11.8 Å². The molecule has 3 N–H and O–H groups in total. The molecule has 0 saturated carbocycles. The summed E-state index contributed by atoms with van der Waals surface area (Å²) >= 11 is 1.97. The number of hydrogen-bond acceptors (Lipinski definition) is 3. The Bertz CT molecular complexity index is 181. The van der Waals surface area contributed by atoms with Crippen LogP contribution < -0.4 is 11.1 Å². The molecule has 0 aromatic carbocycles. The molecule has 2 atom stereocenters. The van der Waals surface area contributed by atoms with Crippen molar-refractivity contribution in [2.75, 3.05) is 18.1 Å². The van der Waals surface area contributed by atoms with E-state index in [4.69, 9.17) is 5.73 Å². The van der Waals surface area contributed by atoms with Gasteiger partial charge >= 0.3 is 0 Å². The molecule has 1 amide bonds. The van der Waals surface area contributed by atoms with Crippen LogP contribution in [-0.2, 0) is 4.79 Å². The van der Waals surface area contributed by atoms with Gasteiger partial charge in [0.15, 0.2) is 0 Å². The van der Waals surface area contributed by atoms with Crippen LogP contribution in [0.4, 0.5) is 0 Å². The van der Waals surface area contributed by atoms with Gasteiger partial charge in [-0.3, -0.25) is 4.79 Å². The number of thioether (sulfide) groups is 1. The van der Waals surface area contributed by atoms with E-state index in [1.54, 1.807) is 0 Å². The molecule has 0 bridgehead atoms. The maximum atomic E-state index is 11.4. The van der Waals surface area contributed by atoms with E-state index in [-0.39, 0.29) is 11.9 Å². The fraction of sp³-hybridized carbons (Fsp3) is 0.900. The highest BCUT2D eigenvalue weighted by Gasteiger charge is 2.18. The van der Waals surface area contributed by atoms with E-state index in [2.05, 4.69) is 5.32 Å². The van der Waals surface area contributed by atoms with Crippen molar-refractivity contribution in [1.29, 1.82) is 0 Å². The summed E-state index contributed by atoms with van der Waals surface area (Å²) in [4.78, 5) is 11.4. The fourth-order valence-electron chi connectivity index (χ4n) is 1.56. The minimum absolute atomic E-state index is 0.0174. The van der Waals surface area contributed by atoms with Gasteiger partial charge in [-0.2, -0.15) is 11.8 Å². The Morgan fingerprint density at radius 1 is 1.71 bits per heavy atom. The van der Waals surface area contributed by atoms with Gasteiger partial charge in [0.25, 0.3) is 0 Å². The van der Waals surface area contributed by atoms with Crippen molar-refractivity contribution >= 4 is 17.7 Å². The molecule has 0 aromatic heterocycles. The first-order chi connectivity index (χ1) is 6.74. The second kappa shape index (κ2) is 6.30. The van der Waals surface area contributed by atoms with Crippen LogP contribution in [0, 0.1) is 5.92 Å². The number of amides is 1. The summed E-state index contributed by atoms with van der Waals surface area (Å²) in [7, 11) is 0. The first kappa shape index (κ1) is 11.9. The van der Waals surface area contributed by atoms with Crippen molar-refractivity contribution in [3.8, 4) is 0 Å². The van der Waals surface area contributed by atoms with Crippen LogP contribution in [0.25, 0.3) is 0 Å². The number of hydrogen-bond donors (Lipinski definition) is 2. The Kier molecular flexibility index (Phi) is 5.33. The number of carbonyl (C=O) groups is 1. The predicted molar refractivity (Wildman–Crippen MR) is 61.3 cm³/mol. The summed E-state index contributed by atoms with van der Waals surface area (Å²) in [6.45, 7) is 2.85. The number of rotatable bonds is 5. The van der Waals surface area contributed by atoms with Crippen molar-refractivity contribution in [2.45, 2.75) is 32.2 Å². The van der Waals surface area contributed by atoms with Gasteiger partial charge in [-0.1, -0.05) is 13.3 Å². The lowest BCUT2D eigenvalue weighted by atomic mass is 10.1. The highest BCUT2D eigenvalue weighted by atomic mass is 32.2. The highest BCUT2D eigenvalue weighted by Crippen LogP contribution is 2.22. The summed E-state index contributed by atoms with van der Waals surface area (Å²) in [5.74, 6) is 3.10. The molecular formula is C10H20N2OS. The lowest BCUT2D eigenvalue weighted by Gasteiger charge is -2.13. The Morgan fingerprint density at radius 2 is 2.50 bits per heavy atom. The molecule has 1 aliphatic heterocycles. The third kappa shape index (κ3) is 3.88. The molecule has 0 aromatic rings. The standard InChI is InChI=1S/C10H20N2OS/c1-2-3-9(11)10(13)12-6-8-4-5-14-7-8/h8-9H,2-7,11H2,1H3,(H,12,13). The second-order valence-corrected chi connectivity index (χ2v) is 5.02. The molecule has 14 heavy (non-hydrogen) atoms. The molecule has 2 unspecified atom stereocenters. The minimum Gasteiger partial charge on any atom is -0.354 e. The first-order valence-corrected chi connectivity index (χ1v) is 6.50. The van der Waals surface area contributed by atoms with Crippen molar-refractivity contribution < 1.29 is 4.79 Å². The summed E-state index contributed by atoms with van der Waals surface area (Å²) < 4.78 is 0. The molecule has 0 aliphatic carbocycles. The second-order valence-electron chi connectivity index (χ2n) is 3.87. The molecule has 0 radical (unpaired) electrons. The van der Waals surface area contributed by atoms with E-state index in [1.807, 2.05) is 18.7 Å². The molecule has 0 spiro atoms. The molecule has 1 rings (SSSR count). The van der Waals surface area contributed by atoms with Gasteiger partial charge in [0.05, 0.1) is 6.04 Å². The average molecular weight is 216 g/mol. The zero-order valence-corrected chi connectivity index (χ0v) is 9.61. The van der Waals surface area contributed by atoms with E-state index < -0.39 is 0 Å². The molecular weight excluding hydrogens is 196 g/mol. The van der Waals surface area contributed by atoms with Gasteiger partial charge in [-0.25, -0.2) is 0 Å². The largest absolute Gasteiger partial charge is 0.354 e. The van der Waals surface area contributed by atoms with Crippen molar-refractivity contribution in [3.63, 3.8) is 0 Å². The SMILES string of the molecule is CCCC(N)C(=O)NCC1CCSC1. The molecule has 1 fully saturated rings. The maximum absolute atomic E-state index is 11.4. The summed E-state index contributed by atoms with van der Waals surface area (Å²) in [5.41, 5.74) is 5.70. The molecule has 3 nitrogen and oxygen atoms in total. The Morgan fingerprint density at radius 3 is 3.07 bits per heavy atom. The Hall–Kier alpha value is -0.220. The van der Waals surface area contributed by atoms with Gasteiger partial charge in [0.2, 0.25) is 5.91 Å². The van der Waals surface area contributed by atoms with Gasteiger partial charge in [-0.15, -0.1) is 0 Å². The van der Waals surface area contributed by atoms with E-state index in [0.29, 0.717) is 5.92 Å². The highest BCUT2D eigenvalue weighted by molar-refractivity contribution is 7.99. The summed E-state index contributed by atoms with van der Waals surface area (Å²) in [6.07, 6.45) is 2.98. The predicted octanol–water partition coefficient (Wildman–Crippen LogP) is 0.983. The minimum atomic E-state index is -0.311. The Balaban J connectivity index is 2.13. The van der Waals surface area contributed by atoms with Crippen LogP contribution in [-0.4, -0.2) is 30.0 Å². The summed E-state index contributed by atoms with van der Waals surface area (Å²) in [6, 6.07) is -0.311. The van der Waals surface area contributed by atoms with Crippen LogP contribution in [0.15, 0.2) is 0 Å². The van der Waals surface area contributed by atoms with Gasteiger partial charge in [-0.05, 0) is 30.3 Å². The van der Waals surface area contributed by atoms with E-state index in [9.17, 15) is 4.79 Å². The van der Waals surface area contributed by atoms with Crippen molar-refractivity contribution in [2.24, 2.45) is 11.7 Å².